The van der Waals surface area contributed by atoms with Crippen LogP contribution in [0.3, 0.4) is 0 Å². The van der Waals surface area contributed by atoms with Crippen molar-refractivity contribution in [2.45, 2.75) is 35.6 Å². The van der Waals surface area contributed by atoms with Crippen molar-refractivity contribution in [2.75, 3.05) is 0 Å². The van der Waals surface area contributed by atoms with Crippen LogP contribution in [0, 0.1) is 0 Å². The Balaban J connectivity index is 1.86. The summed E-state index contributed by atoms with van der Waals surface area (Å²) < 4.78 is -0.0181. The van der Waals surface area contributed by atoms with Crippen LogP contribution in [0.25, 0.3) is 0 Å². The van der Waals surface area contributed by atoms with E-state index >= 15 is 0 Å². The lowest BCUT2D eigenvalue weighted by molar-refractivity contribution is 0.480. The van der Waals surface area contributed by atoms with Crippen molar-refractivity contribution in [2.24, 2.45) is 4.99 Å². The minimum absolute atomic E-state index is 0.0181. The topological polar surface area (TPSA) is 12.4 Å². The molecule has 1 nitrogen and oxygen atoms in total. The van der Waals surface area contributed by atoms with Crippen LogP contribution < -0.4 is 0 Å². The summed E-state index contributed by atoms with van der Waals surface area (Å²) in [5, 5.41) is 1.14. The van der Waals surface area contributed by atoms with Crippen LogP contribution in [0.2, 0.25) is 0 Å². The van der Waals surface area contributed by atoms with Gasteiger partial charge in [0, 0.05) is 11.3 Å². The summed E-state index contributed by atoms with van der Waals surface area (Å²) in [6.45, 7) is 8.50. The molecule has 0 saturated carbocycles. The fraction of sp³-hybridized carbons (Fsp3) is 0.286. The van der Waals surface area contributed by atoms with Crippen LogP contribution in [-0.4, -0.2) is 14.7 Å². The second-order valence-electron chi connectivity index (χ2n) is 6.46. The van der Waals surface area contributed by atoms with Crippen LogP contribution >= 0.6 is 23.5 Å². The molecule has 24 heavy (non-hydrogen) atoms. The normalized spacial score (nSPS) is 22.2. The Morgan fingerprint density at radius 3 is 2.29 bits per heavy atom. The van der Waals surface area contributed by atoms with E-state index in [1.165, 1.54) is 11.1 Å². The van der Waals surface area contributed by atoms with Gasteiger partial charge in [0.2, 0.25) is 0 Å². The van der Waals surface area contributed by atoms with Gasteiger partial charge < -0.3 is 0 Å². The van der Waals surface area contributed by atoms with E-state index in [4.69, 9.17) is 4.99 Å². The molecule has 1 aliphatic rings. The maximum absolute atomic E-state index is 5.09. The summed E-state index contributed by atoms with van der Waals surface area (Å²) in [7, 11) is 0. The van der Waals surface area contributed by atoms with Gasteiger partial charge in [0.1, 0.15) is 0 Å². The van der Waals surface area contributed by atoms with E-state index in [9.17, 15) is 0 Å². The molecule has 0 saturated heterocycles. The molecular weight excluding hydrogens is 330 g/mol. The summed E-state index contributed by atoms with van der Waals surface area (Å²) in [6.07, 6.45) is 2.97. The zero-order chi connectivity index (χ0) is 17.0. The van der Waals surface area contributed by atoms with E-state index in [0.717, 1.165) is 17.2 Å². The van der Waals surface area contributed by atoms with Gasteiger partial charge >= 0.3 is 0 Å². The Bertz CT molecular complexity index is 722. The van der Waals surface area contributed by atoms with Gasteiger partial charge in [0.25, 0.3) is 0 Å². The lowest BCUT2D eigenvalue weighted by Crippen LogP contribution is -2.39. The number of thioether (sulfide) groups is 2. The monoisotopic (exact) mass is 353 g/mol. The number of hydrogen-bond donors (Lipinski definition) is 0. The molecule has 3 heteroatoms. The molecule has 0 fully saturated rings. The van der Waals surface area contributed by atoms with Gasteiger partial charge in [-0.3, -0.25) is 4.99 Å². The van der Waals surface area contributed by atoms with E-state index in [1.54, 1.807) is 0 Å². The lowest BCUT2D eigenvalue weighted by atomic mass is 9.98. The van der Waals surface area contributed by atoms with E-state index in [0.29, 0.717) is 0 Å². The maximum Gasteiger partial charge on any atom is 0.0999 e. The Kier molecular flexibility index (Phi) is 5.21. The molecule has 124 valence electrons. The summed E-state index contributed by atoms with van der Waals surface area (Å²) >= 11 is 3.90. The Hall–Kier alpha value is -1.45. The smallest absolute Gasteiger partial charge is 0.0999 e. The third-order valence-corrected chi connectivity index (χ3v) is 8.05. The first-order valence-electron chi connectivity index (χ1n) is 8.19. The molecule has 1 unspecified atom stereocenters. The quantitative estimate of drug-likeness (QED) is 0.576. The van der Waals surface area contributed by atoms with Crippen molar-refractivity contribution in [1.29, 1.82) is 0 Å². The van der Waals surface area contributed by atoms with Crippen molar-refractivity contribution in [3.63, 3.8) is 0 Å². The average molecular weight is 354 g/mol. The fourth-order valence-corrected chi connectivity index (χ4v) is 6.08. The third kappa shape index (κ3) is 3.47. The molecule has 0 spiro atoms. The number of aliphatic imine (C=N–C) groups is 1. The summed E-state index contributed by atoms with van der Waals surface area (Å²) in [6, 6.07) is 21.2. The van der Waals surface area contributed by atoms with Crippen LogP contribution in [-0.2, 0) is 5.75 Å². The van der Waals surface area contributed by atoms with Gasteiger partial charge in [-0.25, -0.2) is 0 Å². The number of rotatable bonds is 6. The molecule has 1 atom stereocenters. The van der Waals surface area contributed by atoms with Crippen LogP contribution in [0.1, 0.15) is 31.4 Å². The molecule has 0 bridgehead atoms. The van der Waals surface area contributed by atoms with Gasteiger partial charge in [0.05, 0.1) is 14.7 Å². The SMILES string of the molecule is C=CCC1(SCc2ccccc2)SC(c2ccccc2)=NC1(C)C. The highest BCUT2D eigenvalue weighted by Gasteiger charge is 2.51. The van der Waals surface area contributed by atoms with Crippen molar-refractivity contribution in [3.05, 3.63) is 84.4 Å². The second kappa shape index (κ2) is 7.20. The Morgan fingerprint density at radius 2 is 1.67 bits per heavy atom. The molecule has 1 heterocycles. The largest absolute Gasteiger partial charge is 0.269 e. The molecule has 0 amide bonds. The molecule has 3 rings (SSSR count). The van der Waals surface area contributed by atoms with Gasteiger partial charge in [-0.2, -0.15) is 0 Å². The van der Waals surface area contributed by atoms with Gasteiger partial charge in [0.15, 0.2) is 0 Å². The second-order valence-corrected chi connectivity index (χ2v) is 9.28. The minimum atomic E-state index is -0.142. The summed E-state index contributed by atoms with van der Waals surface area (Å²) in [5.74, 6) is 0.989. The summed E-state index contributed by atoms with van der Waals surface area (Å²) in [4.78, 5) is 5.09. The molecule has 0 radical (unpaired) electrons. The highest BCUT2D eigenvalue weighted by atomic mass is 32.2. The van der Waals surface area contributed by atoms with Gasteiger partial charge in [-0.1, -0.05) is 78.5 Å². The average Bonchev–Trinajstić information content (AvgIpc) is 2.86. The van der Waals surface area contributed by atoms with Crippen LogP contribution in [0.4, 0.5) is 0 Å². The summed E-state index contributed by atoms with van der Waals surface area (Å²) in [5.41, 5.74) is 2.42. The zero-order valence-electron chi connectivity index (χ0n) is 14.2. The van der Waals surface area contributed by atoms with E-state index < -0.39 is 0 Å². The lowest BCUT2D eigenvalue weighted by Gasteiger charge is -2.37. The number of nitrogens with zero attached hydrogens (tertiary/aromatic N) is 1. The third-order valence-electron chi connectivity index (χ3n) is 4.32. The van der Waals surface area contributed by atoms with Crippen molar-refractivity contribution < 1.29 is 0 Å². The van der Waals surface area contributed by atoms with Crippen LogP contribution in [0.5, 0.6) is 0 Å². The predicted octanol–water partition coefficient (Wildman–Crippen LogP) is 6.16. The highest BCUT2D eigenvalue weighted by molar-refractivity contribution is 8.26. The van der Waals surface area contributed by atoms with E-state index in [2.05, 4.69) is 81.1 Å². The Labute approximate surface area is 153 Å². The molecule has 0 N–H and O–H groups in total. The first-order chi connectivity index (χ1) is 11.6. The van der Waals surface area contributed by atoms with E-state index in [-0.39, 0.29) is 9.62 Å². The predicted molar refractivity (Wildman–Crippen MR) is 110 cm³/mol. The fourth-order valence-electron chi connectivity index (χ4n) is 2.87. The number of hydrogen-bond acceptors (Lipinski definition) is 3. The van der Waals surface area contributed by atoms with Crippen molar-refractivity contribution >= 4 is 28.6 Å². The number of allylic oxidation sites excluding steroid dienone is 1. The molecule has 0 aromatic heterocycles. The van der Waals surface area contributed by atoms with Crippen molar-refractivity contribution in [1.82, 2.24) is 0 Å². The van der Waals surface area contributed by atoms with Gasteiger partial charge in [-0.15, -0.1) is 18.3 Å². The molecule has 0 aliphatic carbocycles. The maximum atomic E-state index is 5.09. The zero-order valence-corrected chi connectivity index (χ0v) is 15.9. The number of benzene rings is 2. The molecule has 2 aromatic rings. The van der Waals surface area contributed by atoms with E-state index in [1.807, 2.05) is 29.6 Å². The highest BCUT2D eigenvalue weighted by Crippen LogP contribution is 2.56. The van der Waals surface area contributed by atoms with Crippen LogP contribution in [0.15, 0.2) is 78.3 Å². The Morgan fingerprint density at radius 1 is 1.04 bits per heavy atom. The van der Waals surface area contributed by atoms with Gasteiger partial charge in [-0.05, 0) is 25.8 Å². The minimum Gasteiger partial charge on any atom is -0.269 e. The first-order valence-corrected chi connectivity index (χ1v) is 10.00. The first kappa shape index (κ1) is 17.4. The molecule has 1 aliphatic heterocycles. The molecular formula is C21H23NS2. The standard InChI is InChI=1S/C21H23NS2/c1-4-15-21(23-16-17-11-7-5-8-12-17)20(2,3)22-19(24-21)18-13-9-6-10-14-18/h4-14H,1,15-16H2,2-3H3. The molecule has 2 aromatic carbocycles. The van der Waals surface area contributed by atoms with Crippen molar-refractivity contribution in [3.8, 4) is 0 Å².